The van der Waals surface area contributed by atoms with Crippen LogP contribution in [0.4, 0.5) is 0 Å². The van der Waals surface area contributed by atoms with Crippen molar-refractivity contribution in [3.63, 3.8) is 0 Å². The van der Waals surface area contributed by atoms with Gasteiger partial charge in [0.15, 0.2) is 0 Å². The predicted octanol–water partition coefficient (Wildman–Crippen LogP) is 0.114. The summed E-state index contributed by atoms with van der Waals surface area (Å²) >= 11 is 0. The van der Waals surface area contributed by atoms with Gasteiger partial charge in [0.1, 0.15) is 0 Å². The minimum absolute atomic E-state index is 0.110. The number of nitrogens with one attached hydrogen (secondary N) is 1. The first-order valence-electron chi connectivity index (χ1n) is 7.53. The van der Waals surface area contributed by atoms with Crippen LogP contribution in [0.15, 0.2) is 54.6 Å². The number of benzene rings is 2. The molecule has 2 aromatic carbocycles. The van der Waals surface area contributed by atoms with Crippen molar-refractivity contribution in [1.29, 1.82) is 0 Å². The molecular weight excluding hydrogens is 291 g/mol. The maximum Gasteiger partial charge on any atom is 0.488 e. The van der Waals surface area contributed by atoms with Crippen molar-refractivity contribution in [2.24, 2.45) is 5.73 Å². The van der Waals surface area contributed by atoms with Gasteiger partial charge in [0.05, 0.1) is 12.1 Å². The monoisotopic (exact) mass is 312 g/mol. The Kier molecular flexibility index (Phi) is 5.93. The molecule has 0 fully saturated rings. The highest BCUT2D eigenvalue weighted by Gasteiger charge is 2.17. The van der Waals surface area contributed by atoms with Gasteiger partial charge in [-0.3, -0.25) is 4.79 Å². The number of amides is 1. The Morgan fingerprint density at radius 2 is 1.74 bits per heavy atom. The van der Waals surface area contributed by atoms with Gasteiger partial charge in [-0.05, 0) is 29.9 Å². The highest BCUT2D eigenvalue weighted by Crippen LogP contribution is 2.11. The lowest BCUT2D eigenvalue weighted by Gasteiger charge is -2.18. The second-order valence-corrected chi connectivity index (χ2v) is 5.57. The van der Waals surface area contributed by atoms with Gasteiger partial charge in [-0.15, -0.1) is 0 Å². The third-order valence-corrected chi connectivity index (χ3v) is 3.73. The Bertz CT molecular complexity index is 632. The zero-order chi connectivity index (χ0) is 16.8. The third-order valence-electron chi connectivity index (χ3n) is 3.73. The largest absolute Gasteiger partial charge is 0.488 e. The zero-order valence-electron chi connectivity index (χ0n) is 13.0. The van der Waals surface area contributed by atoms with Crippen molar-refractivity contribution < 1.29 is 14.8 Å². The van der Waals surface area contributed by atoms with E-state index in [0.717, 1.165) is 11.1 Å². The van der Waals surface area contributed by atoms with E-state index in [1.807, 2.05) is 37.3 Å². The SMILES string of the molecule is C[C@@H](NC(=O)[C@@H](N)Cc1ccc(B(O)O)cc1)c1ccccc1. The molecule has 2 atom stereocenters. The molecule has 0 bridgehead atoms. The van der Waals surface area contributed by atoms with E-state index < -0.39 is 13.2 Å². The van der Waals surface area contributed by atoms with E-state index in [-0.39, 0.29) is 11.9 Å². The fourth-order valence-electron chi connectivity index (χ4n) is 2.32. The van der Waals surface area contributed by atoms with Crippen LogP contribution in [0.25, 0.3) is 0 Å². The second kappa shape index (κ2) is 7.92. The smallest absolute Gasteiger partial charge is 0.423 e. The Hall–Kier alpha value is -2.15. The first-order valence-corrected chi connectivity index (χ1v) is 7.53. The molecule has 1 amide bonds. The summed E-state index contributed by atoms with van der Waals surface area (Å²) in [5, 5.41) is 21.0. The highest BCUT2D eigenvalue weighted by atomic mass is 16.4. The molecule has 0 spiro atoms. The van der Waals surface area contributed by atoms with Crippen molar-refractivity contribution >= 4 is 18.5 Å². The Labute approximate surface area is 136 Å². The van der Waals surface area contributed by atoms with Gasteiger partial charge in [-0.25, -0.2) is 0 Å². The molecule has 0 saturated carbocycles. The van der Waals surface area contributed by atoms with Crippen molar-refractivity contribution in [2.45, 2.75) is 25.4 Å². The van der Waals surface area contributed by atoms with Crippen LogP contribution in [0.1, 0.15) is 24.1 Å². The summed E-state index contributed by atoms with van der Waals surface area (Å²) in [6.07, 6.45) is 0.384. The number of hydrogen-bond donors (Lipinski definition) is 4. The Morgan fingerprint density at radius 3 is 2.30 bits per heavy atom. The van der Waals surface area contributed by atoms with Gasteiger partial charge in [0.2, 0.25) is 5.91 Å². The van der Waals surface area contributed by atoms with Crippen molar-refractivity contribution in [3.8, 4) is 0 Å². The van der Waals surface area contributed by atoms with Gasteiger partial charge in [0.25, 0.3) is 0 Å². The first-order chi connectivity index (χ1) is 11.0. The van der Waals surface area contributed by atoms with Crippen LogP contribution in [-0.4, -0.2) is 29.1 Å². The van der Waals surface area contributed by atoms with Gasteiger partial charge in [-0.2, -0.15) is 0 Å². The number of nitrogens with two attached hydrogens (primary N) is 1. The van der Waals surface area contributed by atoms with E-state index in [2.05, 4.69) is 5.32 Å². The van der Waals surface area contributed by atoms with Crippen LogP contribution >= 0.6 is 0 Å². The third kappa shape index (κ3) is 4.92. The molecule has 5 nitrogen and oxygen atoms in total. The highest BCUT2D eigenvalue weighted by molar-refractivity contribution is 6.58. The zero-order valence-corrected chi connectivity index (χ0v) is 13.0. The Morgan fingerprint density at radius 1 is 1.13 bits per heavy atom. The summed E-state index contributed by atoms with van der Waals surface area (Å²) in [5.74, 6) is -0.215. The maximum atomic E-state index is 12.2. The standard InChI is InChI=1S/C17H21BN2O3/c1-12(14-5-3-2-4-6-14)20-17(21)16(19)11-13-7-9-15(10-8-13)18(22)23/h2-10,12,16,22-23H,11,19H2,1H3,(H,20,21)/t12-,16+/m1/s1. The van der Waals surface area contributed by atoms with Crippen molar-refractivity contribution in [1.82, 2.24) is 5.32 Å². The minimum Gasteiger partial charge on any atom is -0.423 e. The van der Waals surface area contributed by atoms with E-state index in [4.69, 9.17) is 15.8 Å². The minimum atomic E-state index is -1.49. The number of rotatable bonds is 6. The molecule has 2 aromatic rings. The first kappa shape index (κ1) is 17.2. The average Bonchev–Trinajstić information content (AvgIpc) is 2.56. The van der Waals surface area contributed by atoms with Crippen molar-refractivity contribution in [2.75, 3.05) is 0 Å². The average molecular weight is 312 g/mol. The molecule has 0 heterocycles. The van der Waals surface area contributed by atoms with E-state index in [1.165, 1.54) is 0 Å². The molecule has 6 heteroatoms. The molecule has 0 aliphatic rings. The maximum absolute atomic E-state index is 12.2. The summed E-state index contributed by atoms with van der Waals surface area (Å²) in [5.41, 5.74) is 8.26. The molecule has 0 aliphatic carbocycles. The quantitative estimate of drug-likeness (QED) is 0.570. The van der Waals surface area contributed by atoms with Gasteiger partial charge < -0.3 is 21.1 Å². The lowest BCUT2D eigenvalue weighted by molar-refractivity contribution is -0.123. The molecule has 5 N–H and O–H groups in total. The van der Waals surface area contributed by atoms with Crippen LogP contribution in [0.3, 0.4) is 0 Å². The normalized spacial score (nSPS) is 13.2. The van der Waals surface area contributed by atoms with Crippen LogP contribution in [-0.2, 0) is 11.2 Å². The molecular formula is C17H21BN2O3. The van der Waals surface area contributed by atoms with Crippen molar-refractivity contribution in [3.05, 3.63) is 65.7 Å². The Balaban J connectivity index is 1.92. The van der Waals surface area contributed by atoms with Gasteiger partial charge in [-0.1, -0.05) is 54.6 Å². The summed E-state index contributed by atoms with van der Waals surface area (Å²) in [4.78, 5) is 12.2. The molecule has 0 saturated heterocycles. The topological polar surface area (TPSA) is 95.6 Å². The van der Waals surface area contributed by atoms with E-state index in [1.54, 1.807) is 24.3 Å². The molecule has 0 radical (unpaired) electrons. The summed E-state index contributed by atoms with van der Waals surface area (Å²) in [7, 11) is -1.49. The number of carbonyl (C=O) groups excluding carboxylic acids is 1. The summed E-state index contributed by atoms with van der Waals surface area (Å²) < 4.78 is 0. The molecule has 0 aromatic heterocycles. The second-order valence-electron chi connectivity index (χ2n) is 5.57. The van der Waals surface area contributed by atoms with Crippen LogP contribution in [0.5, 0.6) is 0 Å². The lowest BCUT2D eigenvalue weighted by atomic mass is 9.80. The number of carbonyl (C=O) groups is 1. The van der Waals surface area contributed by atoms with E-state index in [0.29, 0.717) is 11.9 Å². The summed E-state index contributed by atoms with van der Waals surface area (Å²) in [6.45, 7) is 1.91. The fraction of sp³-hybridized carbons (Fsp3) is 0.235. The molecule has 2 rings (SSSR count). The van der Waals surface area contributed by atoms with Crippen LogP contribution in [0, 0.1) is 0 Å². The lowest BCUT2D eigenvalue weighted by Crippen LogP contribution is -2.43. The predicted molar refractivity (Wildman–Crippen MR) is 90.9 cm³/mol. The molecule has 0 aliphatic heterocycles. The number of hydrogen-bond acceptors (Lipinski definition) is 4. The molecule has 120 valence electrons. The molecule has 23 heavy (non-hydrogen) atoms. The molecule has 0 unspecified atom stereocenters. The van der Waals surface area contributed by atoms with E-state index in [9.17, 15) is 4.79 Å². The fourth-order valence-corrected chi connectivity index (χ4v) is 2.32. The summed E-state index contributed by atoms with van der Waals surface area (Å²) in [6, 6.07) is 15.6. The van der Waals surface area contributed by atoms with Gasteiger partial charge in [0, 0.05) is 0 Å². The van der Waals surface area contributed by atoms with Crippen LogP contribution in [0.2, 0.25) is 0 Å². The van der Waals surface area contributed by atoms with E-state index >= 15 is 0 Å². The van der Waals surface area contributed by atoms with Crippen LogP contribution < -0.4 is 16.5 Å². The van der Waals surface area contributed by atoms with Gasteiger partial charge >= 0.3 is 7.12 Å².